The third-order valence-corrected chi connectivity index (χ3v) is 7.36. The van der Waals surface area contributed by atoms with Crippen molar-refractivity contribution in [2.24, 2.45) is 0 Å². The first-order chi connectivity index (χ1) is 15.2. The minimum Gasteiger partial charge on any atom is -0.489 e. The van der Waals surface area contributed by atoms with Crippen molar-refractivity contribution in [2.75, 3.05) is 31.1 Å². The fraction of sp³-hybridized carbons (Fsp3) is 0.217. The van der Waals surface area contributed by atoms with E-state index < -0.39 is 0 Å². The molecule has 0 saturated carbocycles. The number of amides is 1. The van der Waals surface area contributed by atoms with Gasteiger partial charge < -0.3 is 14.5 Å². The lowest BCUT2D eigenvalue weighted by atomic mass is 10.1. The lowest BCUT2D eigenvalue weighted by Gasteiger charge is -2.34. The summed E-state index contributed by atoms with van der Waals surface area (Å²) in [5.74, 6) is 0.299. The number of thiophene rings is 1. The van der Waals surface area contributed by atoms with Gasteiger partial charge in [0.25, 0.3) is 5.91 Å². The molecule has 0 atom stereocenters. The second-order valence-electron chi connectivity index (χ2n) is 7.22. The van der Waals surface area contributed by atoms with E-state index in [1.54, 1.807) is 23.6 Å². The Morgan fingerprint density at radius 2 is 1.87 bits per heavy atom. The molecule has 2 aromatic heterocycles. The number of benzene rings is 2. The largest absolute Gasteiger partial charge is 0.489 e. The number of thiazole rings is 1. The molecular weight excluding hydrogens is 433 g/mol. The zero-order valence-electron chi connectivity index (χ0n) is 16.7. The molecule has 5 rings (SSSR count). The summed E-state index contributed by atoms with van der Waals surface area (Å²) in [5.41, 5.74) is 0.620. The van der Waals surface area contributed by atoms with Crippen LogP contribution in [0.5, 0.6) is 5.75 Å². The van der Waals surface area contributed by atoms with E-state index in [1.165, 1.54) is 17.4 Å². The molecule has 1 aliphatic heterocycles. The second kappa shape index (κ2) is 8.64. The highest BCUT2D eigenvalue weighted by Crippen LogP contribution is 2.35. The highest BCUT2D eigenvalue weighted by atomic mass is 32.1. The van der Waals surface area contributed by atoms with Gasteiger partial charge in [-0.25, -0.2) is 9.37 Å². The van der Waals surface area contributed by atoms with Crippen molar-refractivity contribution < 1.29 is 13.9 Å². The predicted molar refractivity (Wildman–Crippen MR) is 123 cm³/mol. The molecule has 0 radical (unpaired) electrons. The molecular formula is C23H20FN3O2S2. The van der Waals surface area contributed by atoms with Crippen LogP contribution in [-0.2, 0) is 6.61 Å². The van der Waals surface area contributed by atoms with Crippen molar-refractivity contribution in [1.29, 1.82) is 0 Å². The van der Waals surface area contributed by atoms with Gasteiger partial charge >= 0.3 is 0 Å². The van der Waals surface area contributed by atoms with Gasteiger partial charge in [-0.05, 0) is 24.3 Å². The third-order valence-electron chi connectivity index (χ3n) is 5.34. The van der Waals surface area contributed by atoms with Crippen molar-refractivity contribution >= 4 is 43.8 Å². The molecule has 158 valence electrons. The van der Waals surface area contributed by atoms with Gasteiger partial charge in [0.2, 0.25) is 0 Å². The molecule has 1 saturated heterocycles. The Kier molecular flexibility index (Phi) is 5.57. The highest BCUT2D eigenvalue weighted by Gasteiger charge is 2.28. The van der Waals surface area contributed by atoms with Crippen LogP contribution in [0, 0.1) is 5.82 Å². The normalized spacial score (nSPS) is 14.2. The Hall–Kier alpha value is -2.97. The Bertz CT molecular complexity index is 1190. The van der Waals surface area contributed by atoms with E-state index in [9.17, 15) is 9.18 Å². The van der Waals surface area contributed by atoms with Crippen LogP contribution in [0.25, 0.3) is 10.1 Å². The molecule has 8 heteroatoms. The third kappa shape index (κ3) is 4.00. The van der Waals surface area contributed by atoms with Gasteiger partial charge in [0.1, 0.15) is 18.2 Å². The summed E-state index contributed by atoms with van der Waals surface area (Å²) >= 11 is 2.94. The van der Waals surface area contributed by atoms with Gasteiger partial charge in [0.15, 0.2) is 5.13 Å². The summed E-state index contributed by atoms with van der Waals surface area (Å²) in [5, 5.41) is 3.42. The summed E-state index contributed by atoms with van der Waals surface area (Å²) in [6, 6.07) is 14.3. The molecule has 1 aliphatic rings. The Morgan fingerprint density at radius 1 is 1.06 bits per heavy atom. The van der Waals surface area contributed by atoms with Crippen LogP contribution < -0.4 is 9.64 Å². The Morgan fingerprint density at radius 3 is 2.61 bits per heavy atom. The van der Waals surface area contributed by atoms with E-state index >= 15 is 0 Å². The maximum atomic E-state index is 14.7. The quantitative estimate of drug-likeness (QED) is 0.425. The van der Waals surface area contributed by atoms with E-state index in [-0.39, 0.29) is 18.3 Å². The number of carbonyl (C=O) groups excluding carboxylic acids is 1. The average Bonchev–Trinajstić information content (AvgIpc) is 3.47. The van der Waals surface area contributed by atoms with Gasteiger partial charge in [-0.1, -0.05) is 24.3 Å². The lowest BCUT2D eigenvalue weighted by Crippen LogP contribution is -2.48. The minimum atomic E-state index is -0.326. The average molecular weight is 454 g/mol. The summed E-state index contributed by atoms with van der Waals surface area (Å²) in [4.78, 5) is 22.4. The molecule has 0 bridgehead atoms. The SMILES string of the molecule is O=C(c1sc2cccc(F)c2c1COc1ccccc1)N1CCN(c2nccs2)CC1. The summed E-state index contributed by atoms with van der Waals surface area (Å²) in [6.45, 7) is 2.82. The van der Waals surface area contributed by atoms with Crippen LogP contribution in [0.15, 0.2) is 60.1 Å². The molecule has 0 spiro atoms. The molecule has 3 heterocycles. The molecule has 1 amide bonds. The lowest BCUT2D eigenvalue weighted by molar-refractivity contribution is 0.0749. The van der Waals surface area contributed by atoms with E-state index in [1.807, 2.05) is 46.7 Å². The smallest absolute Gasteiger partial charge is 0.264 e. The summed E-state index contributed by atoms with van der Waals surface area (Å²) in [6.07, 6.45) is 1.79. The van der Waals surface area contributed by atoms with Gasteiger partial charge in [-0.15, -0.1) is 22.7 Å². The van der Waals surface area contributed by atoms with Crippen LogP contribution in [0.2, 0.25) is 0 Å². The second-order valence-corrected chi connectivity index (χ2v) is 9.14. The van der Waals surface area contributed by atoms with Crippen molar-refractivity contribution in [3.05, 3.63) is 76.4 Å². The van der Waals surface area contributed by atoms with Gasteiger partial charge in [-0.2, -0.15) is 0 Å². The molecule has 0 unspecified atom stereocenters. The number of anilines is 1. The number of rotatable bonds is 5. The standard InChI is InChI=1S/C23H20FN3O2S2/c24-18-7-4-8-19-20(18)17(15-29-16-5-2-1-3-6-16)21(31-19)22(28)26-10-12-27(13-11-26)23-25-9-14-30-23/h1-9,14H,10-13,15H2. The van der Waals surface area contributed by atoms with Gasteiger partial charge in [0.05, 0.1) is 4.88 Å². The number of hydrogen-bond donors (Lipinski definition) is 0. The maximum Gasteiger partial charge on any atom is 0.264 e. The summed E-state index contributed by atoms with van der Waals surface area (Å²) in [7, 11) is 0. The van der Waals surface area contributed by atoms with Gasteiger partial charge in [0, 0.05) is 53.4 Å². The fourth-order valence-electron chi connectivity index (χ4n) is 3.77. The number of carbonyl (C=O) groups is 1. The number of nitrogens with zero attached hydrogens (tertiary/aromatic N) is 3. The van der Waals surface area contributed by atoms with E-state index in [2.05, 4.69) is 9.88 Å². The molecule has 2 aromatic carbocycles. The first-order valence-electron chi connectivity index (χ1n) is 10.0. The van der Waals surface area contributed by atoms with Crippen LogP contribution in [0.1, 0.15) is 15.2 Å². The van der Waals surface area contributed by atoms with Crippen LogP contribution in [-0.4, -0.2) is 42.0 Å². The number of piperazine rings is 1. The molecule has 5 nitrogen and oxygen atoms in total. The number of aromatic nitrogens is 1. The predicted octanol–water partition coefficient (Wildman–Crippen LogP) is 5.04. The number of halogens is 1. The van der Waals surface area contributed by atoms with Crippen molar-refractivity contribution in [3.63, 3.8) is 0 Å². The number of para-hydroxylation sites is 1. The molecule has 4 aromatic rings. The molecule has 31 heavy (non-hydrogen) atoms. The molecule has 0 aliphatic carbocycles. The van der Waals surface area contributed by atoms with Crippen molar-refractivity contribution in [3.8, 4) is 5.75 Å². The monoisotopic (exact) mass is 453 g/mol. The van der Waals surface area contributed by atoms with E-state index in [0.29, 0.717) is 34.7 Å². The van der Waals surface area contributed by atoms with Crippen molar-refractivity contribution in [2.45, 2.75) is 6.61 Å². The topological polar surface area (TPSA) is 45.7 Å². The molecule has 1 fully saturated rings. The van der Waals surface area contributed by atoms with Crippen LogP contribution >= 0.6 is 22.7 Å². The molecule has 0 N–H and O–H groups in total. The Balaban J connectivity index is 1.41. The Labute approximate surface area is 187 Å². The van der Waals surface area contributed by atoms with E-state index in [0.717, 1.165) is 22.9 Å². The maximum absolute atomic E-state index is 14.7. The first-order valence-corrected chi connectivity index (χ1v) is 11.7. The number of hydrogen-bond acceptors (Lipinski definition) is 6. The zero-order chi connectivity index (χ0) is 21.2. The number of fused-ring (bicyclic) bond motifs is 1. The summed E-state index contributed by atoms with van der Waals surface area (Å²) < 4.78 is 21.4. The zero-order valence-corrected chi connectivity index (χ0v) is 18.3. The van der Waals surface area contributed by atoms with Crippen molar-refractivity contribution in [1.82, 2.24) is 9.88 Å². The van der Waals surface area contributed by atoms with Gasteiger partial charge in [-0.3, -0.25) is 4.79 Å². The van der Waals surface area contributed by atoms with E-state index in [4.69, 9.17) is 4.74 Å². The first kappa shape index (κ1) is 20.0. The van der Waals surface area contributed by atoms with Crippen LogP contribution in [0.4, 0.5) is 9.52 Å². The highest BCUT2D eigenvalue weighted by molar-refractivity contribution is 7.21. The minimum absolute atomic E-state index is 0.0638. The van der Waals surface area contributed by atoms with Crippen LogP contribution in [0.3, 0.4) is 0 Å². The number of ether oxygens (including phenoxy) is 1. The fourth-order valence-corrected chi connectivity index (χ4v) is 5.65.